The first-order valence-electron chi connectivity index (χ1n) is 9.27. The Kier molecular flexibility index (Phi) is 7.46. The standard InChI is InChI=1S/C21H26N2O7/c1-6-23-12(2)7-15(13(23)3)16(24)10-30-21(26)14-8-17(27-4)20(18(9-14)28-5)29-11-19(22)25/h7-9H,6,10-11H2,1-5H3,(H2,22,25). The highest BCUT2D eigenvalue weighted by atomic mass is 16.5. The number of benzene rings is 1. The molecule has 0 aliphatic heterocycles. The summed E-state index contributed by atoms with van der Waals surface area (Å²) >= 11 is 0. The van der Waals surface area contributed by atoms with Crippen molar-refractivity contribution in [3.05, 3.63) is 40.7 Å². The molecule has 162 valence electrons. The summed E-state index contributed by atoms with van der Waals surface area (Å²) in [4.78, 5) is 36.0. The molecule has 0 bridgehead atoms. The molecule has 9 heteroatoms. The number of carbonyl (C=O) groups is 3. The van der Waals surface area contributed by atoms with Crippen LogP contribution >= 0.6 is 0 Å². The van der Waals surface area contributed by atoms with E-state index >= 15 is 0 Å². The molecule has 0 radical (unpaired) electrons. The lowest BCUT2D eigenvalue weighted by Crippen LogP contribution is -2.20. The molecule has 1 aromatic heterocycles. The Hall–Kier alpha value is -3.49. The number of ether oxygens (including phenoxy) is 4. The molecule has 0 saturated carbocycles. The molecule has 0 aliphatic rings. The Labute approximate surface area is 174 Å². The van der Waals surface area contributed by atoms with Crippen LogP contribution in [0.1, 0.15) is 39.0 Å². The molecule has 2 rings (SSSR count). The summed E-state index contributed by atoms with van der Waals surface area (Å²) in [6, 6.07) is 4.52. The maximum Gasteiger partial charge on any atom is 0.338 e. The molecular weight excluding hydrogens is 392 g/mol. The Morgan fingerprint density at radius 2 is 1.60 bits per heavy atom. The highest BCUT2D eigenvalue weighted by Crippen LogP contribution is 2.38. The van der Waals surface area contributed by atoms with Gasteiger partial charge in [0.1, 0.15) is 0 Å². The molecule has 2 aromatic rings. The lowest BCUT2D eigenvalue weighted by molar-refractivity contribution is -0.120. The predicted octanol–water partition coefficient (Wildman–Crippen LogP) is 2.05. The maximum absolute atomic E-state index is 12.5. The second kappa shape index (κ2) is 9.82. The second-order valence-corrected chi connectivity index (χ2v) is 6.49. The number of hydrogen-bond donors (Lipinski definition) is 1. The van der Waals surface area contributed by atoms with Crippen LogP contribution in [0.4, 0.5) is 0 Å². The van der Waals surface area contributed by atoms with Gasteiger partial charge >= 0.3 is 5.97 Å². The van der Waals surface area contributed by atoms with E-state index in [-0.39, 0.29) is 35.2 Å². The minimum atomic E-state index is -0.731. The van der Waals surface area contributed by atoms with E-state index in [0.717, 1.165) is 17.9 Å². The predicted molar refractivity (Wildman–Crippen MR) is 108 cm³/mol. The molecule has 2 N–H and O–H groups in total. The minimum absolute atomic E-state index is 0.0990. The number of Topliss-reactive ketones (excluding diaryl/α,β-unsaturated/α-hetero) is 1. The fraction of sp³-hybridized carbons (Fsp3) is 0.381. The third-order valence-corrected chi connectivity index (χ3v) is 4.58. The third kappa shape index (κ3) is 4.91. The molecule has 0 spiro atoms. The van der Waals surface area contributed by atoms with Gasteiger partial charge in [-0.2, -0.15) is 0 Å². The number of hydrogen-bond acceptors (Lipinski definition) is 7. The van der Waals surface area contributed by atoms with E-state index in [1.54, 1.807) is 6.07 Å². The normalized spacial score (nSPS) is 10.4. The van der Waals surface area contributed by atoms with Gasteiger partial charge in [-0.05, 0) is 39.0 Å². The summed E-state index contributed by atoms with van der Waals surface area (Å²) in [7, 11) is 2.74. The first kappa shape index (κ1) is 22.8. The number of aromatic nitrogens is 1. The molecule has 0 fully saturated rings. The van der Waals surface area contributed by atoms with Gasteiger partial charge in [0.05, 0.1) is 19.8 Å². The van der Waals surface area contributed by atoms with Crippen LogP contribution in [0.3, 0.4) is 0 Å². The zero-order valence-corrected chi connectivity index (χ0v) is 17.7. The number of rotatable bonds is 10. The third-order valence-electron chi connectivity index (χ3n) is 4.58. The zero-order valence-electron chi connectivity index (χ0n) is 17.7. The lowest BCUT2D eigenvalue weighted by atomic mass is 10.1. The number of aryl methyl sites for hydroxylation is 1. The van der Waals surface area contributed by atoms with Crippen LogP contribution in [-0.2, 0) is 16.1 Å². The maximum atomic E-state index is 12.5. The van der Waals surface area contributed by atoms with Crippen LogP contribution in [0.2, 0.25) is 0 Å². The van der Waals surface area contributed by atoms with Crippen LogP contribution in [0.15, 0.2) is 18.2 Å². The van der Waals surface area contributed by atoms with Gasteiger partial charge in [0, 0.05) is 23.5 Å². The lowest BCUT2D eigenvalue weighted by Gasteiger charge is -2.15. The number of methoxy groups -OCH3 is 2. The number of esters is 1. The zero-order chi connectivity index (χ0) is 22.4. The van der Waals surface area contributed by atoms with Gasteiger partial charge in [0.15, 0.2) is 24.7 Å². The highest BCUT2D eigenvalue weighted by molar-refractivity contribution is 6.00. The molecule has 0 unspecified atom stereocenters. The smallest absolute Gasteiger partial charge is 0.338 e. The van der Waals surface area contributed by atoms with Crippen LogP contribution in [0, 0.1) is 13.8 Å². The van der Waals surface area contributed by atoms with E-state index in [1.807, 2.05) is 25.3 Å². The summed E-state index contributed by atoms with van der Waals surface area (Å²) < 4.78 is 22.9. The molecule has 9 nitrogen and oxygen atoms in total. The van der Waals surface area contributed by atoms with E-state index in [9.17, 15) is 14.4 Å². The van der Waals surface area contributed by atoms with Gasteiger partial charge < -0.3 is 29.2 Å². The number of ketones is 1. The average Bonchev–Trinajstić information content (AvgIpc) is 3.02. The molecule has 0 atom stereocenters. The molecule has 1 aromatic carbocycles. The van der Waals surface area contributed by atoms with E-state index in [0.29, 0.717) is 5.56 Å². The van der Waals surface area contributed by atoms with Crippen molar-refractivity contribution in [2.75, 3.05) is 27.4 Å². The SMILES string of the molecule is CCn1c(C)cc(C(=O)COC(=O)c2cc(OC)c(OCC(N)=O)c(OC)c2)c1C. The summed E-state index contributed by atoms with van der Waals surface area (Å²) in [6.07, 6.45) is 0. The fourth-order valence-electron chi connectivity index (χ4n) is 3.15. The quantitative estimate of drug-likeness (QED) is 0.463. The number of amides is 1. The number of nitrogens with two attached hydrogens (primary N) is 1. The van der Waals surface area contributed by atoms with E-state index in [2.05, 4.69) is 0 Å². The van der Waals surface area contributed by atoms with Crippen molar-refractivity contribution in [2.45, 2.75) is 27.3 Å². The summed E-state index contributed by atoms with van der Waals surface area (Å²) in [5.41, 5.74) is 7.51. The van der Waals surface area contributed by atoms with Crippen molar-refractivity contribution in [2.24, 2.45) is 5.73 Å². The monoisotopic (exact) mass is 418 g/mol. The Balaban J connectivity index is 2.18. The van der Waals surface area contributed by atoms with Crippen LogP contribution in [-0.4, -0.2) is 49.7 Å². The Bertz CT molecular complexity index is 937. The number of carbonyl (C=O) groups excluding carboxylic acids is 3. The van der Waals surface area contributed by atoms with Crippen LogP contribution in [0.5, 0.6) is 17.2 Å². The van der Waals surface area contributed by atoms with Gasteiger partial charge in [-0.3, -0.25) is 9.59 Å². The first-order chi connectivity index (χ1) is 14.2. The van der Waals surface area contributed by atoms with Crippen molar-refractivity contribution in [1.29, 1.82) is 0 Å². The van der Waals surface area contributed by atoms with E-state index in [1.165, 1.54) is 26.4 Å². The number of nitrogens with zero attached hydrogens (tertiary/aromatic N) is 1. The van der Waals surface area contributed by atoms with Crippen LogP contribution < -0.4 is 19.9 Å². The van der Waals surface area contributed by atoms with Crippen molar-refractivity contribution in [1.82, 2.24) is 4.57 Å². The van der Waals surface area contributed by atoms with Gasteiger partial charge in [-0.25, -0.2) is 4.79 Å². The minimum Gasteiger partial charge on any atom is -0.493 e. The van der Waals surface area contributed by atoms with Gasteiger partial charge in [-0.1, -0.05) is 0 Å². The Morgan fingerprint density at radius 3 is 2.07 bits per heavy atom. The summed E-state index contributed by atoms with van der Waals surface area (Å²) in [5.74, 6) is -1.27. The average molecular weight is 418 g/mol. The second-order valence-electron chi connectivity index (χ2n) is 6.49. The fourth-order valence-corrected chi connectivity index (χ4v) is 3.15. The number of primary amides is 1. The molecular formula is C21H26N2O7. The van der Waals surface area contributed by atoms with Crippen molar-refractivity contribution in [3.8, 4) is 17.2 Å². The first-order valence-corrected chi connectivity index (χ1v) is 9.27. The summed E-state index contributed by atoms with van der Waals surface area (Å²) in [6.45, 7) is 5.71. The van der Waals surface area contributed by atoms with Crippen molar-refractivity contribution in [3.63, 3.8) is 0 Å². The molecule has 0 aliphatic carbocycles. The molecule has 0 saturated heterocycles. The topological polar surface area (TPSA) is 119 Å². The van der Waals surface area contributed by atoms with Crippen molar-refractivity contribution >= 4 is 17.7 Å². The van der Waals surface area contributed by atoms with Crippen LogP contribution in [0.25, 0.3) is 0 Å². The molecule has 1 amide bonds. The van der Waals surface area contributed by atoms with E-state index in [4.69, 9.17) is 24.7 Å². The van der Waals surface area contributed by atoms with E-state index < -0.39 is 18.5 Å². The van der Waals surface area contributed by atoms with Crippen molar-refractivity contribution < 1.29 is 33.3 Å². The molecule has 30 heavy (non-hydrogen) atoms. The van der Waals surface area contributed by atoms with Gasteiger partial charge in [-0.15, -0.1) is 0 Å². The highest BCUT2D eigenvalue weighted by Gasteiger charge is 2.21. The van der Waals surface area contributed by atoms with Gasteiger partial charge in [0.2, 0.25) is 11.5 Å². The molecule has 1 heterocycles. The largest absolute Gasteiger partial charge is 0.493 e. The Morgan fingerprint density at radius 1 is 1.00 bits per heavy atom. The summed E-state index contributed by atoms with van der Waals surface area (Å²) in [5, 5.41) is 0. The van der Waals surface area contributed by atoms with Gasteiger partial charge in [0.25, 0.3) is 5.91 Å².